The quantitative estimate of drug-likeness (QED) is 0.592. The third-order valence-corrected chi connectivity index (χ3v) is 2.07. The second kappa shape index (κ2) is 9.93. The number of rotatable bonds is 9. The van der Waals surface area contributed by atoms with Gasteiger partial charge in [0, 0.05) is 19.7 Å². The molecule has 0 bridgehead atoms. The van der Waals surface area contributed by atoms with E-state index in [2.05, 4.69) is 12.2 Å². The van der Waals surface area contributed by atoms with Crippen molar-refractivity contribution < 1.29 is 14.3 Å². The highest BCUT2D eigenvalue weighted by Crippen LogP contribution is 1.97. The van der Waals surface area contributed by atoms with Crippen LogP contribution in [0, 0.1) is 0 Å². The molecule has 0 aromatic carbocycles. The maximum absolute atomic E-state index is 11.0. The molecule has 0 amide bonds. The molecule has 0 saturated heterocycles. The van der Waals surface area contributed by atoms with Crippen LogP contribution in [0.2, 0.25) is 0 Å². The first-order valence-electron chi connectivity index (χ1n) is 5.62. The molecule has 0 aromatic rings. The van der Waals surface area contributed by atoms with Crippen LogP contribution < -0.4 is 5.32 Å². The van der Waals surface area contributed by atoms with E-state index in [9.17, 15) is 4.79 Å². The van der Waals surface area contributed by atoms with Crippen molar-refractivity contribution >= 4 is 5.97 Å². The van der Waals surface area contributed by atoms with Gasteiger partial charge in [-0.25, -0.2) is 0 Å². The molecule has 1 N–H and O–H groups in total. The Morgan fingerprint density at radius 2 is 2.13 bits per heavy atom. The Bertz CT molecular complexity index is 156. The molecule has 90 valence electrons. The van der Waals surface area contributed by atoms with Crippen LogP contribution in [0.1, 0.15) is 33.1 Å². The minimum atomic E-state index is -0.141. The van der Waals surface area contributed by atoms with Gasteiger partial charge in [-0.05, 0) is 13.3 Å². The van der Waals surface area contributed by atoms with Gasteiger partial charge in [-0.1, -0.05) is 13.3 Å². The number of ether oxygens (including phenoxy) is 2. The van der Waals surface area contributed by atoms with E-state index in [0.29, 0.717) is 32.2 Å². The van der Waals surface area contributed by atoms with Crippen LogP contribution in [0.25, 0.3) is 0 Å². The van der Waals surface area contributed by atoms with Crippen LogP contribution in [0.3, 0.4) is 0 Å². The summed E-state index contributed by atoms with van der Waals surface area (Å²) >= 11 is 0. The van der Waals surface area contributed by atoms with Gasteiger partial charge in [0.2, 0.25) is 0 Å². The molecule has 0 aliphatic carbocycles. The third-order valence-electron chi connectivity index (χ3n) is 2.07. The summed E-state index contributed by atoms with van der Waals surface area (Å²) in [6.45, 7) is 5.75. The number of hydrogen-bond acceptors (Lipinski definition) is 4. The van der Waals surface area contributed by atoms with Gasteiger partial charge in [0.05, 0.1) is 19.6 Å². The molecule has 0 rings (SSSR count). The largest absolute Gasteiger partial charge is 0.466 e. The van der Waals surface area contributed by atoms with Gasteiger partial charge in [0.1, 0.15) is 0 Å². The number of methoxy groups -OCH3 is 1. The van der Waals surface area contributed by atoms with E-state index >= 15 is 0 Å². The van der Waals surface area contributed by atoms with Gasteiger partial charge in [-0.2, -0.15) is 0 Å². The molecule has 15 heavy (non-hydrogen) atoms. The van der Waals surface area contributed by atoms with Gasteiger partial charge in [0.15, 0.2) is 0 Å². The lowest BCUT2D eigenvalue weighted by atomic mass is 10.2. The Hall–Kier alpha value is -0.610. The van der Waals surface area contributed by atoms with Gasteiger partial charge in [-0.3, -0.25) is 4.79 Å². The molecule has 1 atom stereocenters. The zero-order valence-electron chi connectivity index (χ0n) is 10.0. The Balaban J connectivity index is 3.55. The summed E-state index contributed by atoms with van der Waals surface area (Å²) in [5, 5.41) is 3.29. The lowest BCUT2D eigenvalue weighted by Crippen LogP contribution is -2.34. The number of esters is 1. The first-order valence-corrected chi connectivity index (χ1v) is 5.62. The minimum Gasteiger partial charge on any atom is -0.466 e. The van der Waals surface area contributed by atoms with Crippen molar-refractivity contribution in [3.05, 3.63) is 0 Å². The van der Waals surface area contributed by atoms with Crippen molar-refractivity contribution in [1.82, 2.24) is 5.32 Å². The predicted octanol–water partition coefficient (Wildman–Crippen LogP) is 1.34. The van der Waals surface area contributed by atoms with Gasteiger partial charge in [0.25, 0.3) is 0 Å². The van der Waals surface area contributed by atoms with E-state index in [0.717, 1.165) is 12.8 Å². The van der Waals surface area contributed by atoms with E-state index in [1.807, 2.05) is 6.92 Å². The monoisotopic (exact) mass is 217 g/mol. The summed E-state index contributed by atoms with van der Waals surface area (Å²) in [4.78, 5) is 11.0. The molecule has 0 aromatic heterocycles. The first-order chi connectivity index (χ1) is 7.24. The highest BCUT2D eigenvalue weighted by Gasteiger charge is 2.07. The molecule has 4 nitrogen and oxygen atoms in total. The fourth-order valence-corrected chi connectivity index (χ4v) is 1.41. The lowest BCUT2D eigenvalue weighted by Gasteiger charge is -2.16. The Kier molecular flexibility index (Phi) is 9.52. The van der Waals surface area contributed by atoms with Crippen LogP contribution in [0.4, 0.5) is 0 Å². The molecular formula is C11H23NO3. The molecule has 0 saturated carbocycles. The smallest absolute Gasteiger partial charge is 0.307 e. The number of nitrogens with one attached hydrogen (secondary N) is 1. The SMILES string of the molecule is CCC[C@@H](COC)NCCC(=O)OCC. The zero-order chi connectivity index (χ0) is 11.5. The normalized spacial score (nSPS) is 12.5. The van der Waals surface area contributed by atoms with Crippen molar-refractivity contribution in [2.45, 2.75) is 39.2 Å². The van der Waals surface area contributed by atoms with Crippen LogP contribution in [0.15, 0.2) is 0 Å². The highest BCUT2D eigenvalue weighted by atomic mass is 16.5. The van der Waals surface area contributed by atoms with E-state index in [4.69, 9.17) is 9.47 Å². The average Bonchev–Trinajstić information content (AvgIpc) is 2.19. The van der Waals surface area contributed by atoms with Gasteiger partial charge >= 0.3 is 5.97 Å². The average molecular weight is 217 g/mol. The maximum Gasteiger partial charge on any atom is 0.307 e. The van der Waals surface area contributed by atoms with Gasteiger partial charge < -0.3 is 14.8 Å². The lowest BCUT2D eigenvalue weighted by molar-refractivity contribution is -0.143. The topological polar surface area (TPSA) is 47.6 Å². The fourth-order valence-electron chi connectivity index (χ4n) is 1.41. The predicted molar refractivity (Wildman–Crippen MR) is 59.8 cm³/mol. The Morgan fingerprint density at radius 1 is 1.40 bits per heavy atom. The number of carbonyl (C=O) groups is 1. The summed E-state index contributed by atoms with van der Waals surface area (Å²) in [5.41, 5.74) is 0. The molecule has 0 fully saturated rings. The molecule has 0 radical (unpaired) electrons. The van der Waals surface area contributed by atoms with Crippen LogP contribution in [-0.4, -0.2) is 38.9 Å². The van der Waals surface area contributed by atoms with E-state index < -0.39 is 0 Å². The molecule has 0 heterocycles. The molecule has 4 heteroatoms. The molecule has 0 aliphatic heterocycles. The molecule has 0 spiro atoms. The number of carbonyl (C=O) groups excluding carboxylic acids is 1. The van der Waals surface area contributed by atoms with Gasteiger partial charge in [-0.15, -0.1) is 0 Å². The van der Waals surface area contributed by atoms with Crippen LogP contribution in [-0.2, 0) is 14.3 Å². The summed E-state index contributed by atoms with van der Waals surface area (Å²) in [6.07, 6.45) is 2.61. The molecular weight excluding hydrogens is 194 g/mol. The first kappa shape index (κ1) is 14.4. The Morgan fingerprint density at radius 3 is 2.67 bits per heavy atom. The zero-order valence-corrected chi connectivity index (χ0v) is 10.0. The molecule has 0 unspecified atom stereocenters. The van der Waals surface area contributed by atoms with Crippen molar-refractivity contribution in [3.63, 3.8) is 0 Å². The van der Waals surface area contributed by atoms with Crippen LogP contribution in [0.5, 0.6) is 0 Å². The maximum atomic E-state index is 11.0. The van der Waals surface area contributed by atoms with Crippen molar-refractivity contribution in [3.8, 4) is 0 Å². The Labute approximate surface area is 92.3 Å². The van der Waals surface area contributed by atoms with Crippen molar-refractivity contribution in [2.24, 2.45) is 0 Å². The highest BCUT2D eigenvalue weighted by molar-refractivity contribution is 5.69. The van der Waals surface area contributed by atoms with Crippen LogP contribution >= 0.6 is 0 Å². The third kappa shape index (κ3) is 8.39. The van der Waals surface area contributed by atoms with E-state index in [1.54, 1.807) is 7.11 Å². The summed E-state index contributed by atoms with van der Waals surface area (Å²) in [7, 11) is 1.69. The number of hydrogen-bond donors (Lipinski definition) is 1. The van der Waals surface area contributed by atoms with E-state index in [1.165, 1.54) is 0 Å². The fraction of sp³-hybridized carbons (Fsp3) is 0.909. The minimum absolute atomic E-state index is 0.141. The summed E-state index contributed by atoms with van der Waals surface area (Å²) in [6, 6.07) is 0.342. The molecule has 0 aliphatic rings. The second-order valence-corrected chi connectivity index (χ2v) is 3.45. The van der Waals surface area contributed by atoms with E-state index in [-0.39, 0.29) is 5.97 Å². The second-order valence-electron chi connectivity index (χ2n) is 3.45. The van der Waals surface area contributed by atoms with Crippen molar-refractivity contribution in [2.75, 3.05) is 26.9 Å². The summed E-state index contributed by atoms with van der Waals surface area (Å²) < 4.78 is 9.92. The van der Waals surface area contributed by atoms with Crippen molar-refractivity contribution in [1.29, 1.82) is 0 Å². The summed E-state index contributed by atoms with van der Waals surface area (Å²) in [5.74, 6) is -0.141. The standard InChI is InChI=1S/C11H23NO3/c1-4-6-10(9-14-3)12-8-7-11(13)15-5-2/h10,12H,4-9H2,1-3H3/t10-/m0/s1.